The van der Waals surface area contributed by atoms with Crippen molar-refractivity contribution in [2.45, 2.75) is 46.6 Å². The molecule has 0 spiro atoms. The highest BCUT2D eigenvalue weighted by Crippen LogP contribution is 2.28. The van der Waals surface area contributed by atoms with Crippen molar-refractivity contribution in [2.24, 2.45) is 0 Å². The van der Waals surface area contributed by atoms with E-state index in [0.717, 1.165) is 22.0 Å². The van der Waals surface area contributed by atoms with E-state index in [4.69, 9.17) is 9.15 Å². The molecule has 0 unspecified atom stereocenters. The van der Waals surface area contributed by atoms with Crippen molar-refractivity contribution in [3.8, 4) is 0 Å². The Morgan fingerprint density at radius 1 is 1.45 bits per heavy atom. The molecule has 5 nitrogen and oxygen atoms in total. The summed E-state index contributed by atoms with van der Waals surface area (Å²) >= 11 is 1.58. The van der Waals surface area contributed by atoms with E-state index in [1.165, 1.54) is 6.39 Å². The van der Waals surface area contributed by atoms with E-state index in [2.05, 4.69) is 16.9 Å². The number of rotatable bonds is 5. The third-order valence-electron chi connectivity index (χ3n) is 2.99. The lowest BCUT2D eigenvalue weighted by Gasteiger charge is -2.11. The van der Waals surface area contributed by atoms with Crippen molar-refractivity contribution < 1.29 is 13.9 Å². The maximum atomic E-state index is 12.1. The Morgan fingerprint density at radius 3 is 2.80 bits per heavy atom. The molecule has 2 heterocycles. The molecule has 6 heteroatoms. The standard InChI is InChI=1S/C14H18N2O3S/c1-5-10-12(15-7-18-10)14(17)19-9(4)13-8(3)16-11(6-2)20-13/h7,9H,5-6H2,1-4H3/t9-/m1/s1. The van der Waals surface area contributed by atoms with Crippen molar-refractivity contribution in [3.05, 3.63) is 33.4 Å². The molecule has 0 aliphatic heterocycles. The van der Waals surface area contributed by atoms with Crippen molar-refractivity contribution >= 4 is 17.3 Å². The molecule has 0 saturated heterocycles. The first-order chi connectivity index (χ1) is 9.56. The smallest absolute Gasteiger partial charge is 0.361 e. The molecule has 0 radical (unpaired) electrons. The lowest BCUT2D eigenvalue weighted by atomic mass is 10.2. The van der Waals surface area contributed by atoms with E-state index in [1.807, 2.05) is 20.8 Å². The van der Waals surface area contributed by atoms with Crippen LogP contribution in [0.3, 0.4) is 0 Å². The highest BCUT2D eigenvalue weighted by molar-refractivity contribution is 7.11. The fourth-order valence-electron chi connectivity index (χ4n) is 1.95. The molecule has 0 aliphatic carbocycles. The van der Waals surface area contributed by atoms with Gasteiger partial charge in [0.25, 0.3) is 0 Å². The lowest BCUT2D eigenvalue weighted by molar-refractivity contribution is 0.0335. The highest BCUT2D eigenvalue weighted by atomic mass is 32.1. The molecule has 0 amide bonds. The monoisotopic (exact) mass is 294 g/mol. The summed E-state index contributed by atoms with van der Waals surface area (Å²) in [6.45, 7) is 7.75. The fourth-order valence-corrected chi connectivity index (χ4v) is 2.94. The van der Waals surface area contributed by atoms with Crippen LogP contribution in [0.25, 0.3) is 0 Å². The van der Waals surface area contributed by atoms with Crippen LogP contribution in [0.1, 0.15) is 58.7 Å². The third kappa shape index (κ3) is 2.90. The van der Waals surface area contributed by atoms with Gasteiger partial charge in [0.2, 0.25) is 0 Å². The molecule has 2 aromatic rings. The number of thiazole rings is 1. The van der Waals surface area contributed by atoms with Crippen molar-refractivity contribution in [1.82, 2.24) is 9.97 Å². The maximum absolute atomic E-state index is 12.1. The molecule has 0 aromatic carbocycles. The van der Waals surface area contributed by atoms with Gasteiger partial charge in [0.1, 0.15) is 11.9 Å². The summed E-state index contributed by atoms with van der Waals surface area (Å²) in [7, 11) is 0. The first-order valence-corrected chi connectivity index (χ1v) is 7.47. The zero-order chi connectivity index (χ0) is 14.7. The van der Waals surface area contributed by atoms with Gasteiger partial charge in [-0.1, -0.05) is 13.8 Å². The molecule has 0 saturated carbocycles. The predicted octanol–water partition coefficient (Wildman–Crippen LogP) is 3.48. The Bertz CT molecular complexity index is 603. The third-order valence-corrected chi connectivity index (χ3v) is 4.45. The van der Waals surface area contributed by atoms with E-state index >= 15 is 0 Å². The minimum atomic E-state index is -0.450. The second-order valence-corrected chi connectivity index (χ2v) is 5.55. The first kappa shape index (κ1) is 14.7. The number of aryl methyl sites for hydroxylation is 3. The Morgan fingerprint density at radius 2 is 2.20 bits per heavy atom. The van der Waals surface area contributed by atoms with Crippen molar-refractivity contribution in [1.29, 1.82) is 0 Å². The number of hydrogen-bond acceptors (Lipinski definition) is 6. The van der Waals surface area contributed by atoms with Gasteiger partial charge >= 0.3 is 5.97 Å². The number of esters is 1. The van der Waals surface area contributed by atoms with E-state index in [-0.39, 0.29) is 11.8 Å². The van der Waals surface area contributed by atoms with E-state index in [1.54, 1.807) is 11.3 Å². The minimum Gasteiger partial charge on any atom is -0.452 e. The first-order valence-electron chi connectivity index (χ1n) is 6.66. The van der Waals surface area contributed by atoms with Crippen LogP contribution in [0.5, 0.6) is 0 Å². The van der Waals surface area contributed by atoms with Crippen LogP contribution < -0.4 is 0 Å². The van der Waals surface area contributed by atoms with Crippen molar-refractivity contribution in [2.75, 3.05) is 0 Å². The van der Waals surface area contributed by atoms with Gasteiger partial charge in [-0.05, 0) is 20.3 Å². The zero-order valence-corrected chi connectivity index (χ0v) is 12.9. The number of hydrogen-bond donors (Lipinski definition) is 0. The summed E-state index contributed by atoms with van der Waals surface area (Å²) in [6.07, 6.45) is 2.43. The molecule has 2 rings (SSSR count). The summed E-state index contributed by atoms with van der Waals surface area (Å²) in [5, 5.41) is 1.05. The van der Waals surface area contributed by atoms with Gasteiger partial charge in [-0.15, -0.1) is 11.3 Å². The SMILES string of the molecule is CCc1nc(C)c([C@@H](C)OC(=O)c2ncoc2CC)s1. The van der Waals surface area contributed by atoms with Crippen LogP contribution in [-0.2, 0) is 17.6 Å². The second-order valence-electron chi connectivity index (χ2n) is 4.44. The number of oxazole rings is 1. The Balaban J connectivity index is 2.13. The molecule has 0 bridgehead atoms. The summed E-state index contributed by atoms with van der Waals surface area (Å²) in [5.74, 6) is 0.103. The van der Waals surface area contributed by atoms with Crippen LogP contribution in [0.4, 0.5) is 0 Å². The molecular weight excluding hydrogens is 276 g/mol. The normalized spacial score (nSPS) is 12.4. The van der Waals surface area contributed by atoms with Gasteiger partial charge < -0.3 is 9.15 Å². The number of nitrogens with zero attached hydrogens (tertiary/aromatic N) is 2. The average Bonchev–Trinajstić information content (AvgIpc) is 3.04. The number of carbonyl (C=O) groups excluding carboxylic acids is 1. The second kappa shape index (κ2) is 6.17. The van der Waals surface area contributed by atoms with Crippen LogP contribution in [0.15, 0.2) is 10.8 Å². The van der Waals surface area contributed by atoms with Gasteiger partial charge in [0.15, 0.2) is 12.1 Å². The molecule has 108 valence electrons. The van der Waals surface area contributed by atoms with Gasteiger partial charge in [-0.2, -0.15) is 0 Å². The number of aromatic nitrogens is 2. The maximum Gasteiger partial charge on any atom is 0.361 e. The highest BCUT2D eigenvalue weighted by Gasteiger charge is 2.22. The van der Waals surface area contributed by atoms with Crippen molar-refractivity contribution in [3.63, 3.8) is 0 Å². The van der Waals surface area contributed by atoms with Crippen LogP contribution in [-0.4, -0.2) is 15.9 Å². The largest absolute Gasteiger partial charge is 0.452 e. The molecule has 20 heavy (non-hydrogen) atoms. The Kier molecular flexibility index (Phi) is 4.54. The van der Waals surface area contributed by atoms with E-state index in [0.29, 0.717) is 12.2 Å². The summed E-state index contributed by atoms with van der Waals surface area (Å²) in [6, 6.07) is 0. The molecule has 0 fully saturated rings. The molecule has 0 aliphatic rings. The summed E-state index contributed by atoms with van der Waals surface area (Å²) in [5.41, 5.74) is 1.18. The topological polar surface area (TPSA) is 65.2 Å². The average molecular weight is 294 g/mol. The predicted molar refractivity (Wildman–Crippen MR) is 75.9 cm³/mol. The molecule has 1 atom stereocenters. The minimum absolute atomic E-state index is 0.261. The summed E-state index contributed by atoms with van der Waals surface area (Å²) in [4.78, 5) is 21.5. The number of carbonyl (C=O) groups is 1. The lowest BCUT2D eigenvalue weighted by Crippen LogP contribution is -2.11. The van der Waals surface area contributed by atoms with Crippen LogP contribution in [0.2, 0.25) is 0 Å². The number of ether oxygens (including phenoxy) is 1. The van der Waals surface area contributed by atoms with E-state index in [9.17, 15) is 4.79 Å². The Labute approximate surface area is 122 Å². The van der Waals surface area contributed by atoms with E-state index < -0.39 is 5.97 Å². The summed E-state index contributed by atoms with van der Waals surface area (Å²) < 4.78 is 10.6. The molecule has 0 N–H and O–H groups in total. The zero-order valence-electron chi connectivity index (χ0n) is 12.1. The van der Waals surface area contributed by atoms with Crippen LogP contribution >= 0.6 is 11.3 Å². The van der Waals surface area contributed by atoms with Gasteiger partial charge in [0, 0.05) is 6.42 Å². The molecule has 2 aromatic heterocycles. The Hall–Kier alpha value is -1.69. The van der Waals surface area contributed by atoms with Gasteiger partial charge in [0.05, 0.1) is 15.6 Å². The van der Waals surface area contributed by atoms with Crippen LogP contribution in [0, 0.1) is 6.92 Å². The fraction of sp³-hybridized carbons (Fsp3) is 0.500. The van der Waals surface area contributed by atoms with Gasteiger partial charge in [-0.25, -0.2) is 14.8 Å². The van der Waals surface area contributed by atoms with Gasteiger partial charge in [-0.3, -0.25) is 0 Å². The quantitative estimate of drug-likeness (QED) is 0.790. The molecular formula is C14H18N2O3S.